The fourth-order valence-corrected chi connectivity index (χ4v) is 4.16. The van der Waals surface area contributed by atoms with Crippen molar-refractivity contribution in [3.05, 3.63) is 0 Å². The Morgan fingerprint density at radius 2 is 2.26 bits per heavy atom. The van der Waals surface area contributed by atoms with Crippen LogP contribution >= 0.6 is 0 Å². The topological polar surface area (TPSA) is 90.7 Å². The van der Waals surface area contributed by atoms with E-state index in [9.17, 15) is 13.2 Å². The van der Waals surface area contributed by atoms with Crippen molar-refractivity contribution >= 4 is 16.2 Å². The lowest BCUT2D eigenvalue weighted by atomic mass is 9.96. The first-order valence-corrected chi connectivity index (χ1v) is 7.65. The van der Waals surface area contributed by atoms with E-state index in [1.54, 1.807) is 0 Å². The first-order chi connectivity index (χ1) is 8.98. The molecule has 0 saturated carbocycles. The molecule has 2 saturated heterocycles. The summed E-state index contributed by atoms with van der Waals surface area (Å²) in [5.74, 6) is -0.397. The monoisotopic (exact) mass is 287 g/mol. The Hall–Kier alpha value is -1.17. The van der Waals surface area contributed by atoms with E-state index in [2.05, 4.69) is 0 Å². The highest BCUT2D eigenvalue weighted by atomic mass is 32.2. The third-order valence-corrected chi connectivity index (χ3v) is 5.65. The van der Waals surface area contributed by atoms with Crippen molar-refractivity contribution in [3.8, 4) is 6.07 Å². The van der Waals surface area contributed by atoms with Gasteiger partial charge in [-0.3, -0.25) is 4.79 Å². The third-order valence-electron chi connectivity index (χ3n) is 3.68. The molecule has 0 radical (unpaired) electrons. The molecule has 2 heterocycles. The number of rotatable bonds is 4. The van der Waals surface area contributed by atoms with E-state index in [4.69, 9.17) is 10.00 Å². The summed E-state index contributed by atoms with van der Waals surface area (Å²) in [5.41, 5.74) is 0. The fourth-order valence-electron chi connectivity index (χ4n) is 2.59. The highest BCUT2D eigenvalue weighted by molar-refractivity contribution is 7.86. The Labute approximate surface area is 112 Å². The molecule has 0 amide bonds. The lowest BCUT2D eigenvalue weighted by Gasteiger charge is -2.31. The second kappa shape index (κ2) is 5.45. The van der Waals surface area contributed by atoms with E-state index in [1.807, 2.05) is 6.07 Å². The number of hydrogen-bond acceptors (Lipinski definition) is 5. The van der Waals surface area contributed by atoms with Crippen LogP contribution in [0.5, 0.6) is 0 Å². The van der Waals surface area contributed by atoms with Gasteiger partial charge in [-0.25, -0.2) is 0 Å². The SMILES string of the molecule is CN(CCC#N)S(=O)(=O)N1CC[C@H]2CCOC(=O)[C@@H]21. The van der Waals surface area contributed by atoms with Gasteiger partial charge in [-0.2, -0.15) is 22.3 Å². The maximum atomic E-state index is 12.4. The number of hydrogen-bond donors (Lipinski definition) is 0. The first kappa shape index (κ1) is 14.2. The maximum absolute atomic E-state index is 12.4. The van der Waals surface area contributed by atoms with Crippen LogP contribution in [0.15, 0.2) is 0 Å². The molecule has 0 aliphatic carbocycles. The van der Waals surface area contributed by atoms with Crippen molar-refractivity contribution < 1.29 is 17.9 Å². The molecular weight excluding hydrogens is 270 g/mol. The Bertz CT molecular complexity index is 499. The van der Waals surface area contributed by atoms with E-state index >= 15 is 0 Å². The first-order valence-electron chi connectivity index (χ1n) is 6.25. The molecule has 0 aromatic carbocycles. The number of carbonyl (C=O) groups is 1. The van der Waals surface area contributed by atoms with Gasteiger partial charge in [0, 0.05) is 26.6 Å². The molecule has 2 atom stereocenters. The van der Waals surface area contributed by atoms with Crippen LogP contribution < -0.4 is 0 Å². The Balaban J connectivity index is 2.17. The average Bonchev–Trinajstić information content (AvgIpc) is 2.81. The molecule has 0 aromatic heterocycles. The average molecular weight is 287 g/mol. The van der Waals surface area contributed by atoms with Crippen LogP contribution in [0.1, 0.15) is 19.3 Å². The molecule has 2 aliphatic rings. The lowest BCUT2D eigenvalue weighted by molar-refractivity contribution is -0.153. The van der Waals surface area contributed by atoms with Gasteiger partial charge in [0.1, 0.15) is 6.04 Å². The summed E-state index contributed by atoms with van der Waals surface area (Å²) in [4.78, 5) is 11.8. The summed E-state index contributed by atoms with van der Waals surface area (Å²) in [6.45, 7) is 0.837. The van der Waals surface area contributed by atoms with Crippen LogP contribution in [-0.4, -0.2) is 55.8 Å². The van der Waals surface area contributed by atoms with Crippen molar-refractivity contribution in [2.75, 3.05) is 26.7 Å². The molecule has 8 heteroatoms. The van der Waals surface area contributed by atoms with E-state index in [-0.39, 0.29) is 18.9 Å². The van der Waals surface area contributed by atoms with Crippen LogP contribution in [0.4, 0.5) is 0 Å². The van der Waals surface area contributed by atoms with Gasteiger partial charge in [0.05, 0.1) is 12.7 Å². The van der Waals surface area contributed by atoms with Crippen LogP contribution in [0.25, 0.3) is 0 Å². The molecule has 2 rings (SSSR count). The Kier molecular flexibility index (Phi) is 4.08. The predicted octanol–water partition coefficient (Wildman–Crippen LogP) is -0.286. The number of cyclic esters (lactones) is 1. The summed E-state index contributed by atoms with van der Waals surface area (Å²) >= 11 is 0. The summed E-state index contributed by atoms with van der Waals surface area (Å²) in [6, 6.07) is 1.22. The zero-order valence-electron chi connectivity index (χ0n) is 10.8. The summed E-state index contributed by atoms with van der Waals surface area (Å²) in [6.07, 6.45) is 1.53. The number of carbonyl (C=O) groups excluding carboxylic acids is 1. The molecule has 2 fully saturated rings. The quantitative estimate of drug-likeness (QED) is 0.663. The minimum atomic E-state index is -3.70. The zero-order chi connectivity index (χ0) is 14.0. The Morgan fingerprint density at radius 1 is 1.53 bits per heavy atom. The number of nitriles is 1. The number of ether oxygens (including phenoxy) is 1. The molecule has 0 spiro atoms. The van der Waals surface area contributed by atoms with Crippen LogP contribution in [0.3, 0.4) is 0 Å². The summed E-state index contributed by atoms with van der Waals surface area (Å²) in [7, 11) is -2.27. The third kappa shape index (κ3) is 2.59. The number of fused-ring (bicyclic) bond motifs is 1. The molecule has 0 unspecified atom stereocenters. The zero-order valence-corrected chi connectivity index (χ0v) is 11.6. The van der Waals surface area contributed by atoms with Crippen LogP contribution in [-0.2, 0) is 19.7 Å². The van der Waals surface area contributed by atoms with Crippen molar-refractivity contribution in [1.29, 1.82) is 5.26 Å². The Morgan fingerprint density at radius 3 is 2.95 bits per heavy atom. The van der Waals surface area contributed by atoms with Gasteiger partial charge in [0.25, 0.3) is 10.2 Å². The highest BCUT2D eigenvalue weighted by Crippen LogP contribution is 2.33. The van der Waals surface area contributed by atoms with Gasteiger partial charge in [0.15, 0.2) is 0 Å². The molecule has 0 bridgehead atoms. The fraction of sp³-hybridized carbons (Fsp3) is 0.818. The van der Waals surface area contributed by atoms with Gasteiger partial charge >= 0.3 is 5.97 Å². The number of nitrogens with zero attached hydrogens (tertiary/aromatic N) is 3. The minimum Gasteiger partial charge on any atom is -0.464 e. The maximum Gasteiger partial charge on any atom is 0.324 e. The number of esters is 1. The van der Waals surface area contributed by atoms with E-state index < -0.39 is 22.2 Å². The summed E-state index contributed by atoms with van der Waals surface area (Å²) in [5, 5.41) is 8.52. The van der Waals surface area contributed by atoms with Gasteiger partial charge in [-0.15, -0.1) is 0 Å². The van der Waals surface area contributed by atoms with Crippen molar-refractivity contribution in [2.45, 2.75) is 25.3 Å². The smallest absolute Gasteiger partial charge is 0.324 e. The van der Waals surface area contributed by atoms with E-state index in [0.29, 0.717) is 26.0 Å². The molecule has 7 nitrogen and oxygen atoms in total. The second-order valence-electron chi connectivity index (χ2n) is 4.80. The van der Waals surface area contributed by atoms with Crippen molar-refractivity contribution in [2.24, 2.45) is 5.92 Å². The van der Waals surface area contributed by atoms with Gasteiger partial charge in [-0.05, 0) is 18.8 Å². The van der Waals surface area contributed by atoms with Crippen molar-refractivity contribution in [3.63, 3.8) is 0 Å². The minimum absolute atomic E-state index is 0.0559. The molecule has 19 heavy (non-hydrogen) atoms. The van der Waals surface area contributed by atoms with E-state index in [0.717, 1.165) is 4.31 Å². The molecule has 0 N–H and O–H groups in total. The largest absolute Gasteiger partial charge is 0.464 e. The van der Waals surface area contributed by atoms with Crippen LogP contribution in [0, 0.1) is 17.2 Å². The van der Waals surface area contributed by atoms with Crippen molar-refractivity contribution in [1.82, 2.24) is 8.61 Å². The second-order valence-corrected chi connectivity index (χ2v) is 6.79. The molecular formula is C11H17N3O4S. The highest BCUT2D eigenvalue weighted by Gasteiger charge is 2.48. The lowest BCUT2D eigenvalue weighted by Crippen LogP contribution is -2.51. The molecule has 2 aliphatic heterocycles. The van der Waals surface area contributed by atoms with Crippen LogP contribution in [0.2, 0.25) is 0 Å². The molecule has 106 valence electrons. The van der Waals surface area contributed by atoms with E-state index in [1.165, 1.54) is 11.4 Å². The normalized spacial score (nSPS) is 27.9. The van der Waals surface area contributed by atoms with Gasteiger partial charge in [0.2, 0.25) is 0 Å². The van der Waals surface area contributed by atoms with Gasteiger partial charge in [-0.1, -0.05) is 0 Å². The van der Waals surface area contributed by atoms with Gasteiger partial charge < -0.3 is 4.74 Å². The standard InChI is InChI=1S/C11H17N3O4S/c1-13(6-2-5-12)19(16,17)14-7-3-9-4-8-18-11(15)10(9)14/h9-10H,2-4,6-8H2,1H3/t9-,10+/m0/s1. The molecule has 0 aromatic rings. The predicted molar refractivity (Wildman–Crippen MR) is 66.0 cm³/mol. The summed E-state index contributed by atoms with van der Waals surface area (Å²) < 4.78 is 32.1.